The van der Waals surface area contributed by atoms with E-state index < -0.39 is 0 Å². The van der Waals surface area contributed by atoms with Crippen LogP contribution in [0.15, 0.2) is 24.5 Å². The molecule has 0 bridgehead atoms. The molecule has 1 saturated carbocycles. The van der Waals surface area contributed by atoms with Crippen LogP contribution in [0.25, 0.3) is 11.4 Å². The van der Waals surface area contributed by atoms with Gasteiger partial charge in [0.15, 0.2) is 5.82 Å². The van der Waals surface area contributed by atoms with Crippen LogP contribution in [0.5, 0.6) is 0 Å². The predicted octanol–water partition coefficient (Wildman–Crippen LogP) is 2.86. The fourth-order valence-corrected chi connectivity index (χ4v) is 3.33. The molecule has 23 heavy (non-hydrogen) atoms. The van der Waals surface area contributed by atoms with E-state index in [2.05, 4.69) is 10.3 Å². The zero-order chi connectivity index (χ0) is 15.6. The number of aromatic nitrogens is 3. The topological polar surface area (TPSA) is 59.9 Å². The zero-order valence-electron chi connectivity index (χ0n) is 13.5. The summed E-state index contributed by atoms with van der Waals surface area (Å²) in [5.41, 5.74) is 3.45. The minimum atomic E-state index is 0.348. The third-order valence-corrected chi connectivity index (χ3v) is 4.71. The largest absolute Gasteiger partial charge is 0.383 e. The lowest BCUT2D eigenvalue weighted by Gasteiger charge is -2.20. The molecule has 2 aliphatic carbocycles. The van der Waals surface area contributed by atoms with E-state index >= 15 is 0 Å². The molecule has 0 aliphatic heterocycles. The van der Waals surface area contributed by atoms with Crippen LogP contribution in [-0.2, 0) is 17.6 Å². The van der Waals surface area contributed by atoms with E-state index in [0.29, 0.717) is 12.0 Å². The Morgan fingerprint density at radius 3 is 2.96 bits per heavy atom. The average Bonchev–Trinajstić information content (AvgIpc) is 3.32. The van der Waals surface area contributed by atoms with Crippen molar-refractivity contribution < 1.29 is 4.74 Å². The second-order valence-corrected chi connectivity index (χ2v) is 6.46. The summed E-state index contributed by atoms with van der Waals surface area (Å²) >= 11 is 0. The van der Waals surface area contributed by atoms with Gasteiger partial charge in [-0.05, 0) is 50.2 Å². The SMILES string of the molecule is COCC(Nc1nc(-c2cccnc2)nc2c1CCC2)C1CC1. The first-order valence-corrected chi connectivity index (χ1v) is 8.41. The molecule has 120 valence electrons. The number of hydrogen-bond donors (Lipinski definition) is 1. The molecule has 5 nitrogen and oxygen atoms in total. The van der Waals surface area contributed by atoms with Gasteiger partial charge in [-0.25, -0.2) is 9.97 Å². The highest BCUT2D eigenvalue weighted by Gasteiger charge is 2.32. The minimum absolute atomic E-state index is 0.348. The van der Waals surface area contributed by atoms with Crippen LogP contribution >= 0.6 is 0 Å². The van der Waals surface area contributed by atoms with Crippen molar-refractivity contribution in [1.29, 1.82) is 0 Å². The number of hydrogen-bond acceptors (Lipinski definition) is 5. The van der Waals surface area contributed by atoms with Crippen LogP contribution in [0, 0.1) is 5.92 Å². The molecular weight excluding hydrogens is 288 g/mol. The molecule has 0 spiro atoms. The Labute approximate surface area is 136 Å². The molecule has 1 N–H and O–H groups in total. The molecular formula is C18H22N4O. The monoisotopic (exact) mass is 310 g/mol. The highest BCUT2D eigenvalue weighted by atomic mass is 16.5. The number of aryl methyl sites for hydroxylation is 1. The van der Waals surface area contributed by atoms with Gasteiger partial charge in [-0.2, -0.15) is 0 Å². The van der Waals surface area contributed by atoms with Crippen LogP contribution in [0.4, 0.5) is 5.82 Å². The van der Waals surface area contributed by atoms with Gasteiger partial charge in [0.2, 0.25) is 0 Å². The van der Waals surface area contributed by atoms with Gasteiger partial charge in [0.25, 0.3) is 0 Å². The van der Waals surface area contributed by atoms with Gasteiger partial charge in [-0.15, -0.1) is 0 Å². The average molecular weight is 310 g/mol. The van der Waals surface area contributed by atoms with Crippen LogP contribution in [0.3, 0.4) is 0 Å². The minimum Gasteiger partial charge on any atom is -0.383 e. The number of ether oxygens (including phenoxy) is 1. The molecule has 2 aliphatic rings. The Morgan fingerprint density at radius 2 is 2.22 bits per heavy atom. The molecule has 1 unspecified atom stereocenters. The van der Waals surface area contributed by atoms with Crippen LogP contribution in [-0.4, -0.2) is 34.7 Å². The van der Waals surface area contributed by atoms with E-state index in [0.717, 1.165) is 43.1 Å². The Balaban J connectivity index is 1.69. The van der Waals surface area contributed by atoms with Gasteiger partial charge >= 0.3 is 0 Å². The first-order chi connectivity index (χ1) is 11.3. The number of methoxy groups -OCH3 is 1. The lowest BCUT2D eigenvalue weighted by atomic mass is 10.1. The summed E-state index contributed by atoms with van der Waals surface area (Å²) in [6.45, 7) is 0.728. The molecule has 4 rings (SSSR count). The smallest absolute Gasteiger partial charge is 0.163 e. The first-order valence-electron chi connectivity index (χ1n) is 8.41. The van der Waals surface area contributed by atoms with E-state index in [1.165, 1.54) is 24.1 Å². The summed E-state index contributed by atoms with van der Waals surface area (Å²) in [5.74, 6) is 2.48. The van der Waals surface area contributed by atoms with E-state index in [1.54, 1.807) is 13.3 Å². The van der Waals surface area contributed by atoms with E-state index in [4.69, 9.17) is 14.7 Å². The van der Waals surface area contributed by atoms with Gasteiger partial charge in [0, 0.05) is 36.3 Å². The summed E-state index contributed by atoms with van der Waals surface area (Å²) in [6.07, 6.45) is 9.43. The molecule has 0 saturated heterocycles. The van der Waals surface area contributed by atoms with Gasteiger partial charge in [-0.1, -0.05) is 0 Å². The number of pyridine rings is 1. The molecule has 1 atom stereocenters. The van der Waals surface area contributed by atoms with Gasteiger partial charge in [-0.3, -0.25) is 4.98 Å². The summed E-state index contributed by atoms with van der Waals surface area (Å²) in [5, 5.41) is 3.66. The highest BCUT2D eigenvalue weighted by Crippen LogP contribution is 2.36. The Kier molecular flexibility index (Phi) is 3.95. The number of nitrogens with zero attached hydrogens (tertiary/aromatic N) is 3. The second kappa shape index (κ2) is 6.24. The molecule has 0 amide bonds. The standard InChI is InChI=1S/C18H22N4O/c1-23-11-16(12-7-8-12)21-18-14-5-2-6-15(14)20-17(22-18)13-4-3-9-19-10-13/h3-4,9-10,12,16H,2,5-8,11H2,1H3,(H,20,21,22). The lowest BCUT2D eigenvalue weighted by molar-refractivity contribution is 0.179. The molecule has 0 aromatic carbocycles. The Hall–Kier alpha value is -2.01. The van der Waals surface area contributed by atoms with Crippen LogP contribution in [0.2, 0.25) is 0 Å². The van der Waals surface area contributed by atoms with E-state index in [-0.39, 0.29) is 0 Å². The first kappa shape index (κ1) is 14.6. The maximum absolute atomic E-state index is 5.40. The second-order valence-electron chi connectivity index (χ2n) is 6.46. The molecule has 2 aromatic heterocycles. The zero-order valence-corrected chi connectivity index (χ0v) is 13.5. The van der Waals surface area contributed by atoms with Crippen LogP contribution in [0.1, 0.15) is 30.5 Å². The summed E-state index contributed by atoms with van der Waals surface area (Å²) in [7, 11) is 1.77. The Morgan fingerprint density at radius 1 is 1.30 bits per heavy atom. The van der Waals surface area contributed by atoms with Crippen molar-refractivity contribution in [3.8, 4) is 11.4 Å². The van der Waals surface area contributed by atoms with Gasteiger partial charge in [0.1, 0.15) is 5.82 Å². The fourth-order valence-electron chi connectivity index (χ4n) is 3.33. The van der Waals surface area contributed by atoms with Crippen molar-refractivity contribution in [3.05, 3.63) is 35.8 Å². The van der Waals surface area contributed by atoms with Crippen molar-refractivity contribution in [1.82, 2.24) is 15.0 Å². The molecule has 5 heteroatoms. The molecule has 1 fully saturated rings. The number of nitrogens with one attached hydrogen (secondary N) is 1. The summed E-state index contributed by atoms with van der Waals surface area (Å²) < 4.78 is 5.40. The summed E-state index contributed by atoms with van der Waals surface area (Å²) in [4.78, 5) is 13.8. The number of anilines is 1. The lowest BCUT2D eigenvalue weighted by Crippen LogP contribution is -2.28. The number of fused-ring (bicyclic) bond motifs is 1. The van der Waals surface area contributed by atoms with Crippen molar-refractivity contribution in [2.75, 3.05) is 19.0 Å². The maximum atomic E-state index is 5.40. The molecule has 2 aromatic rings. The third kappa shape index (κ3) is 3.06. The van der Waals surface area contributed by atoms with Crippen molar-refractivity contribution >= 4 is 5.82 Å². The summed E-state index contributed by atoms with van der Waals surface area (Å²) in [6, 6.07) is 4.29. The van der Waals surface area contributed by atoms with Crippen molar-refractivity contribution in [2.24, 2.45) is 5.92 Å². The molecule has 2 heterocycles. The van der Waals surface area contributed by atoms with Crippen molar-refractivity contribution in [2.45, 2.75) is 38.1 Å². The van der Waals surface area contributed by atoms with E-state index in [1.807, 2.05) is 18.3 Å². The van der Waals surface area contributed by atoms with E-state index in [9.17, 15) is 0 Å². The van der Waals surface area contributed by atoms with Crippen LogP contribution < -0.4 is 5.32 Å². The predicted molar refractivity (Wildman–Crippen MR) is 89.3 cm³/mol. The highest BCUT2D eigenvalue weighted by molar-refractivity contribution is 5.60. The fraction of sp³-hybridized carbons (Fsp3) is 0.500. The Bertz CT molecular complexity index is 685. The maximum Gasteiger partial charge on any atom is 0.163 e. The third-order valence-electron chi connectivity index (χ3n) is 4.71. The van der Waals surface area contributed by atoms with Gasteiger partial charge in [0.05, 0.1) is 12.6 Å². The molecule has 0 radical (unpaired) electrons. The number of rotatable bonds is 6. The van der Waals surface area contributed by atoms with Crippen molar-refractivity contribution in [3.63, 3.8) is 0 Å². The quantitative estimate of drug-likeness (QED) is 0.889. The normalized spacial score (nSPS) is 17.8. The van der Waals surface area contributed by atoms with Gasteiger partial charge < -0.3 is 10.1 Å².